The zero-order valence-corrected chi connectivity index (χ0v) is 11.2. The van der Waals surface area contributed by atoms with Gasteiger partial charge in [-0.05, 0) is 25.0 Å². The first-order valence-electron chi connectivity index (χ1n) is 6.68. The Balaban J connectivity index is 1.80. The molecule has 108 valence electrons. The Labute approximate surface area is 117 Å². The molecule has 20 heavy (non-hydrogen) atoms. The van der Waals surface area contributed by atoms with Crippen LogP contribution in [0.4, 0.5) is 5.69 Å². The fourth-order valence-corrected chi connectivity index (χ4v) is 2.15. The van der Waals surface area contributed by atoms with E-state index in [4.69, 9.17) is 10.5 Å². The minimum atomic E-state index is -0.562. The van der Waals surface area contributed by atoms with Gasteiger partial charge in [0, 0.05) is 13.2 Å². The molecular weight excluding hydrogens is 258 g/mol. The summed E-state index contributed by atoms with van der Waals surface area (Å²) < 4.78 is 5.45. The normalized spacial score (nSPS) is 17.9. The van der Waals surface area contributed by atoms with Gasteiger partial charge in [0.2, 0.25) is 5.91 Å². The fourth-order valence-electron chi connectivity index (χ4n) is 2.15. The Bertz CT molecular complexity index is 484. The Hall–Kier alpha value is -1.92. The van der Waals surface area contributed by atoms with Gasteiger partial charge in [0.25, 0.3) is 5.91 Å². The third-order valence-electron chi connectivity index (χ3n) is 3.15. The lowest BCUT2D eigenvalue weighted by Gasteiger charge is -2.12. The van der Waals surface area contributed by atoms with Crippen molar-refractivity contribution in [1.82, 2.24) is 5.32 Å². The van der Waals surface area contributed by atoms with Crippen LogP contribution < -0.4 is 16.4 Å². The molecule has 0 bridgehead atoms. The van der Waals surface area contributed by atoms with Crippen molar-refractivity contribution in [2.75, 3.05) is 25.0 Å². The van der Waals surface area contributed by atoms with Crippen molar-refractivity contribution < 1.29 is 14.3 Å². The van der Waals surface area contributed by atoms with Crippen LogP contribution in [-0.4, -0.2) is 37.6 Å². The van der Waals surface area contributed by atoms with Crippen LogP contribution in [0.1, 0.15) is 23.2 Å². The summed E-state index contributed by atoms with van der Waals surface area (Å²) in [6, 6.07) is 6.67. The molecule has 2 rings (SSSR count). The van der Waals surface area contributed by atoms with Crippen LogP contribution in [0.5, 0.6) is 0 Å². The molecular formula is C14H19N3O3. The molecule has 0 aliphatic carbocycles. The van der Waals surface area contributed by atoms with Crippen molar-refractivity contribution in [2.24, 2.45) is 5.73 Å². The number of carbonyl (C=O) groups excluding carboxylic acids is 2. The van der Waals surface area contributed by atoms with Gasteiger partial charge in [-0.1, -0.05) is 12.1 Å². The van der Waals surface area contributed by atoms with Crippen molar-refractivity contribution in [3.05, 3.63) is 29.8 Å². The maximum atomic E-state index is 11.8. The van der Waals surface area contributed by atoms with Crippen LogP contribution in [0.15, 0.2) is 24.3 Å². The topological polar surface area (TPSA) is 93.5 Å². The van der Waals surface area contributed by atoms with E-state index in [2.05, 4.69) is 10.6 Å². The molecule has 1 aliphatic rings. The zero-order valence-electron chi connectivity index (χ0n) is 11.2. The van der Waals surface area contributed by atoms with E-state index in [9.17, 15) is 9.59 Å². The van der Waals surface area contributed by atoms with Gasteiger partial charge < -0.3 is 21.1 Å². The van der Waals surface area contributed by atoms with Gasteiger partial charge in [-0.3, -0.25) is 9.59 Å². The monoisotopic (exact) mass is 277 g/mol. The number of anilines is 1. The molecule has 2 amide bonds. The summed E-state index contributed by atoms with van der Waals surface area (Å²) in [4.78, 5) is 23.0. The zero-order chi connectivity index (χ0) is 14.4. The van der Waals surface area contributed by atoms with E-state index in [0.717, 1.165) is 19.4 Å². The lowest BCUT2D eigenvalue weighted by atomic mass is 10.1. The van der Waals surface area contributed by atoms with E-state index in [1.54, 1.807) is 24.3 Å². The van der Waals surface area contributed by atoms with Crippen LogP contribution in [0.3, 0.4) is 0 Å². The maximum absolute atomic E-state index is 11.8. The van der Waals surface area contributed by atoms with Crippen LogP contribution >= 0.6 is 0 Å². The number of carbonyl (C=O) groups is 2. The van der Waals surface area contributed by atoms with E-state index >= 15 is 0 Å². The maximum Gasteiger partial charge on any atom is 0.250 e. The standard InChI is InChI=1S/C14H19N3O3/c15-14(19)11-5-1-2-6-12(11)17-13(18)9-16-8-10-4-3-7-20-10/h1-2,5-6,10,16H,3-4,7-9H2,(H2,15,19)(H,17,18). The van der Waals surface area contributed by atoms with E-state index in [1.807, 2.05) is 0 Å². The quantitative estimate of drug-likeness (QED) is 0.705. The molecule has 0 radical (unpaired) electrons. The minimum Gasteiger partial charge on any atom is -0.377 e. The van der Waals surface area contributed by atoms with Crippen molar-refractivity contribution in [3.63, 3.8) is 0 Å². The van der Waals surface area contributed by atoms with E-state index in [1.165, 1.54) is 0 Å². The second-order valence-corrected chi connectivity index (χ2v) is 4.72. The Morgan fingerprint density at radius 3 is 2.85 bits per heavy atom. The van der Waals surface area contributed by atoms with Crippen molar-refractivity contribution in [2.45, 2.75) is 18.9 Å². The van der Waals surface area contributed by atoms with Gasteiger partial charge in [0.15, 0.2) is 0 Å². The van der Waals surface area contributed by atoms with E-state index in [0.29, 0.717) is 17.8 Å². The lowest BCUT2D eigenvalue weighted by molar-refractivity contribution is -0.115. The number of hydrogen-bond donors (Lipinski definition) is 3. The molecule has 1 unspecified atom stereocenters. The highest BCUT2D eigenvalue weighted by Crippen LogP contribution is 2.14. The number of benzene rings is 1. The average molecular weight is 277 g/mol. The van der Waals surface area contributed by atoms with Gasteiger partial charge in [-0.25, -0.2) is 0 Å². The van der Waals surface area contributed by atoms with Crippen molar-refractivity contribution in [1.29, 1.82) is 0 Å². The van der Waals surface area contributed by atoms with Gasteiger partial charge in [-0.2, -0.15) is 0 Å². The molecule has 1 saturated heterocycles. The number of nitrogens with one attached hydrogen (secondary N) is 2. The Kier molecular flexibility index (Phi) is 5.09. The van der Waals surface area contributed by atoms with Gasteiger partial charge in [0.1, 0.15) is 0 Å². The third-order valence-corrected chi connectivity index (χ3v) is 3.15. The first-order chi connectivity index (χ1) is 9.66. The van der Waals surface area contributed by atoms with Crippen LogP contribution in [0.2, 0.25) is 0 Å². The number of amides is 2. The number of nitrogens with two attached hydrogens (primary N) is 1. The van der Waals surface area contributed by atoms with Crippen LogP contribution in [-0.2, 0) is 9.53 Å². The molecule has 1 aromatic rings. The number of hydrogen-bond acceptors (Lipinski definition) is 4. The third kappa shape index (κ3) is 4.04. The number of para-hydroxylation sites is 1. The first-order valence-corrected chi connectivity index (χ1v) is 6.68. The highest BCUT2D eigenvalue weighted by molar-refractivity contribution is 6.03. The highest BCUT2D eigenvalue weighted by Gasteiger charge is 2.15. The second-order valence-electron chi connectivity index (χ2n) is 4.72. The Morgan fingerprint density at radius 1 is 1.35 bits per heavy atom. The molecule has 0 saturated carbocycles. The summed E-state index contributed by atoms with van der Waals surface area (Å²) in [5.74, 6) is -0.773. The number of ether oxygens (including phenoxy) is 1. The first kappa shape index (κ1) is 14.5. The molecule has 4 N–H and O–H groups in total. The molecule has 6 nitrogen and oxygen atoms in total. The molecule has 6 heteroatoms. The van der Waals surface area contributed by atoms with E-state index in [-0.39, 0.29) is 18.6 Å². The molecule has 0 spiro atoms. The summed E-state index contributed by atoms with van der Waals surface area (Å²) >= 11 is 0. The predicted octanol–water partition coefficient (Wildman–Crippen LogP) is 0.493. The summed E-state index contributed by atoms with van der Waals surface area (Å²) in [6.07, 6.45) is 2.30. The second kappa shape index (κ2) is 7.02. The lowest BCUT2D eigenvalue weighted by Crippen LogP contribution is -2.34. The predicted molar refractivity (Wildman–Crippen MR) is 75.4 cm³/mol. The Morgan fingerprint density at radius 2 is 2.15 bits per heavy atom. The van der Waals surface area contributed by atoms with Crippen molar-refractivity contribution in [3.8, 4) is 0 Å². The molecule has 1 aliphatic heterocycles. The molecule has 1 atom stereocenters. The van der Waals surface area contributed by atoms with Crippen LogP contribution in [0.25, 0.3) is 0 Å². The molecule has 0 aromatic heterocycles. The van der Waals surface area contributed by atoms with Crippen LogP contribution in [0, 0.1) is 0 Å². The largest absolute Gasteiger partial charge is 0.377 e. The minimum absolute atomic E-state index is 0.174. The van der Waals surface area contributed by atoms with Gasteiger partial charge in [0.05, 0.1) is 23.9 Å². The number of primary amides is 1. The molecule has 1 aromatic carbocycles. The molecule has 1 fully saturated rings. The summed E-state index contributed by atoms with van der Waals surface area (Å²) in [7, 11) is 0. The van der Waals surface area contributed by atoms with E-state index < -0.39 is 5.91 Å². The van der Waals surface area contributed by atoms with Crippen molar-refractivity contribution >= 4 is 17.5 Å². The SMILES string of the molecule is NC(=O)c1ccccc1NC(=O)CNCC1CCCO1. The fraction of sp³-hybridized carbons (Fsp3) is 0.429. The summed E-state index contributed by atoms with van der Waals surface area (Å²) in [5, 5.41) is 5.72. The average Bonchev–Trinajstić information content (AvgIpc) is 2.92. The summed E-state index contributed by atoms with van der Waals surface area (Å²) in [5.41, 5.74) is 5.99. The number of rotatable bonds is 6. The molecule has 1 heterocycles. The summed E-state index contributed by atoms with van der Waals surface area (Å²) in [6.45, 7) is 1.63. The van der Waals surface area contributed by atoms with Gasteiger partial charge >= 0.3 is 0 Å². The highest BCUT2D eigenvalue weighted by atomic mass is 16.5. The smallest absolute Gasteiger partial charge is 0.250 e. The van der Waals surface area contributed by atoms with Gasteiger partial charge in [-0.15, -0.1) is 0 Å².